The lowest BCUT2D eigenvalue weighted by Gasteiger charge is -2.57. The summed E-state index contributed by atoms with van der Waals surface area (Å²) in [5.74, 6) is 1.29. The molecule has 0 aromatic heterocycles. The van der Waals surface area contributed by atoms with Gasteiger partial charge in [0, 0.05) is 24.2 Å². The van der Waals surface area contributed by atoms with E-state index in [1.54, 1.807) is 6.92 Å². The van der Waals surface area contributed by atoms with Crippen molar-refractivity contribution in [3.8, 4) is 0 Å². The van der Waals surface area contributed by atoms with Crippen LogP contribution in [0.1, 0.15) is 59.3 Å². The van der Waals surface area contributed by atoms with Crippen LogP contribution in [-0.2, 0) is 9.59 Å². The molecule has 3 unspecified atom stereocenters. The van der Waals surface area contributed by atoms with Crippen LogP contribution in [-0.4, -0.2) is 22.8 Å². The molecule has 0 radical (unpaired) electrons. The number of ketones is 2. The Morgan fingerprint density at radius 3 is 2.71 bits per heavy atom. The predicted molar refractivity (Wildman–Crippen MR) is 92.2 cm³/mol. The molecule has 0 heterocycles. The Labute approximate surface area is 144 Å². The standard InChI is InChI=1S/C21H28O3/c1-12(22)16-6-7-17-15-5-4-13-10-14(23)8-9-20(13,2)18(15)11-19(24)21(16,17)3/h4,7,15-16,18-19,24H,5-6,8-11H2,1-3H3/t15?,16?,18?,19-,20+,21-/m1/s1. The van der Waals surface area contributed by atoms with Crippen LogP contribution in [0.25, 0.3) is 0 Å². The Bertz CT molecular complexity index is 673. The minimum Gasteiger partial charge on any atom is -0.392 e. The molecular weight excluding hydrogens is 300 g/mol. The number of allylic oxidation sites excluding steroid dienone is 3. The third-order valence-electron chi connectivity index (χ3n) is 7.95. The van der Waals surface area contributed by atoms with E-state index >= 15 is 0 Å². The van der Waals surface area contributed by atoms with Gasteiger partial charge in [-0.3, -0.25) is 9.59 Å². The lowest BCUT2D eigenvalue weighted by Crippen LogP contribution is -2.54. The van der Waals surface area contributed by atoms with Crippen molar-refractivity contribution in [2.75, 3.05) is 0 Å². The number of fused-ring (bicyclic) bond motifs is 5. The highest BCUT2D eigenvalue weighted by Crippen LogP contribution is 2.64. The summed E-state index contributed by atoms with van der Waals surface area (Å²) in [5, 5.41) is 11.1. The van der Waals surface area contributed by atoms with Crippen LogP contribution in [0.2, 0.25) is 0 Å². The van der Waals surface area contributed by atoms with E-state index in [1.807, 2.05) is 0 Å². The van der Waals surface area contributed by atoms with Gasteiger partial charge in [-0.05, 0) is 49.9 Å². The lowest BCUT2D eigenvalue weighted by molar-refractivity contribution is -0.130. The van der Waals surface area contributed by atoms with E-state index in [1.165, 1.54) is 11.1 Å². The average Bonchev–Trinajstić information content (AvgIpc) is 2.88. The summed E-state index contributed by atoms with van der Waals surface area (Å²) in [5.41, 5.74) is 2.27. The van der Waals surface area contributed by atoms with E-state index < -0.39 is 6.10 Å². The van der Waals surface area contributed by atoms with Gasteiger partial charge in [0.15, 0.2) is 0 Å². The molecule has 130 valence electrons. The number of carbonyl (C=O) groups excluding carboxylic acids is 2. The van der Waals surface area contributed by atoms with Crippen molar-refractivity contribution in [3.05, 3.63) is 23.3 Å². The van der Waals surface area contributed by atoms with Crippen molar-refractivity contribution in [2.24, 2.45) is 28.6 Å². The Hall–Kier alpha value is -1.22. The molecule has 0 aliphatic heterocycles. The molecular formula is C21H28O3. The van der Waals surface area contributed by atoms with Crippen LogP contribution in [0.15, 0.2) is 23.3 Å². The second-order valence-electron chi connectivity index (χ2n) is 8.90. The van der Waals surface area contributed by atoms with Crippen molar-refractivity contribution in [1.82, 2.24) is 0 Å². The zero-order valence-electron chi connectivity index (χ0n) is 15.0. The van der Waals surface area contributed by atoms with Gasteiger partial charge in [0.25, 0.3) is 0 Å². The molecule has 1 N–H and O–H groups in total. The summed E-state index contributed by atoms with van der Waals surface area (Å²) in [6.07, 6.45) is 8.75. The van der Waals surface area contributed by atoms with Crippen LogP contribution < -0.4 is 0 Å². The Kier molecular flexibility index (Phi) is 3.48. The van der Waals surface area contributed by atoms with Gasteiger partial charge in [0.1, 0.15) is 11.6 Å². The van der Waals surface area contributed by atoms with Gasteiger partial charge >= 0.3 is 0 Å². The molecule has 0 aromatic rings. The summed E-state index contributed by atoms with van der Waals surface area (Å²) < 4.78 is 0. The zero-order valence-corrected chi connectivity index (χ0v) is 15.0. The largest absolute Gasteiger partial charge is 0.392 e. The summed E-state index contributed by atoms with van der Waals surface area (Å²) in [4.78, 5) is 24.0. The minimum absolute atomic E-state index is 0.0360. The molecule has 4 rings (SSSR count). The van der Waals surface area contributed by atoms with Crippen molar-refractivity contribution in [2.45, 2.75) is 65.4 Å². The molecule has 0 spiro atoms. The first-order chi connectivity index (χ1) is 11.3. The van der Waals surface area contributed by atoms with Crippen LogP contribution in [0.3, 0.4) is 0 Å². The lowest BCUT2D eigenvalue weighted by atomic mass is 9.48. The molecule has 24 heavy (non-hydrogen) atoms. The third-order valence-corrected chi connectivity index (χ3v) is 7.95. The Morgan fingerprint density at radius 1 is 1.25 bits per heavy atom. The zero-order chi connectivity index (χ0) is 17.3. The smallest absolute Gasteiger partial charge is 0.136 e. The van der Waals surface area contributed by atoms with E-state index in [9.17, 15) is 14.7 Å². The number of aliphatic hydroxyl groups excluding tert-OH is 1. The molecule has 2 saturated carbocycles. The highest BCUT2D eigenvalue weighted by molar-refractivity contribution is 5.83. The van der Waals surface area contributed by atoms with E-state index in [2.05, 4.69) is 26.0 Å². The van der Waals surface area contributed by atoms with Gasteiger partial charge in [0.05, 0.1) is 6.10 Å². The fourth-order valence-electron chi connectivity index (χ4n) is 6.40. The molecule has 0 aromatic carbocycles. The summed E-state index contributed by atoms with van der Waals surface area (Å²) in [6, 6.07) is 0. The average molecular weight is 328 g/mol. The first-order valence-electron chi connectivity index (χ1n) is 9.38. The molecule has 3 heteroatoms. The fraction of sp³-hybridized carbons (Fsp3) is 0.714. The molecule has 0 amide bonds. The van der Waals surface area contributed by atoms with E-state index in [0.717, 1.165) is 25.7 Å². The van der Waals surface area contributed by atoms with Gasteiger partial charge in [-0.1, -0.05) is 37.1 Å². The predicted octanol–water partition coefficient (Wildman–Crippen LogP) is 3.61. The monoisotopic (exact) mass is 328 g/mol. The van der Waals surface area contributed by atoms with Gasteiger partial charge in [-0.2, -0.15) is 0 Å². The fourth-order valence-corrected chi connectivity index (χ4v) is 6.40. The Balaban J connectivity index is 1.75. The topological polar surface area (TPSA) is 54.4 Å². The Morgan fingerprint density at radius 2 is 2.00 bits per heavy atom. The minimum atomic E-state index is -0.463. The van der Waals surface area contributed by atoms with E-state index in [4.69, 9.17) is 0 Å². The quantitative estimate of drug-likeness (QED) is 0.748. The molecule has 2 fully saturated rings. The number of hydrogen-bond acceptors (Lipinski definition) is 3. The maximum Gasteiger partial charge on any atom is 0.136 e. The SMILES string of the molecule is CC(=O)C1CC=C2C3CC=C4CC(=O)CC[C@]4(C)C3C[C@@H](O)[C@@]21C. The maximum absolute atomic E-state index is 12.1. The van der Waals surface area contributed by atoms with Crippen LogP contribution in [0.4, 0.5) is 0 Å². The third kappa shape index (κ3) is 1.94. The van der Waals surface area contributed by atoms with Crippen LogP contribution in [0.5, 0.6) is 0 Å². The highest BCUT2D eigenvalue weighted by atomic mass is 16.3. The van der Waals surface area contributed by atoms with Gasteiger partial charge in [0.2, 0.25) is 0 Å². The molecule has 4 aliphatic rings. The number of Topliss-reactive ketones (excluding diaryl/α,β-unsaturated/α-hetero) is 2. The van der Waals surface area contributed by atoms with Crippen molar-refractivity contribution < 1.29 is 14.7 Å². The van der Waals surface area contributed by atoms with Crippen LogP contribution in [0, 0.1) is 28.6 Å². The summed E-state index contributed by atoms with van der Waals surface area (Å²) >= 11 is 0. The van der Waals surface area contributed by atoms with Crippen molar-refractivity contribution in [1.29, 1.82) is 0 Å². The van der Waals surface area contributed by atoms with Gasteiger partial charge in [-0.15, -0.1) is 0 Å². The van der Waals surface area contributed by atoms with Crippen molar-refractivity contribution in [3.63, 3.8) is 0 Å². The summed E-state index contributed by atoms with van der Waals surface area (Å²) in [7, 11) is 0. The number of hydrogen-bond donors (Lipinski definition) is 1. The second kappa shape index (κ2) is 5.14. The molecule has 6 atom stereocenters. The first kappa shape index (κ1) is 16.3. The molecule has 4 aliphatic carbocycles. The van der Waals surface area contributed by atoms with Gasteiger partial charge < -0.3 is 5.11 Å². The van der Waals surface area contributed by atoms with Crippen LogP contribution >= 0.6 is 0 Å². The summed E-state index contributed by atoms with van der Waals surface area (Å²) in [6.45, 7) is 6.07. The van der Waals surface area contributed by atoms with E-state index in [0.29, 0.717) is 30.5 Å². The molecule has 0 saturated heterocycles. The number of aliphatic hydroxyl groups is 1. The van der Waals surface area contributed by atoms with E-state index in [-0.39, 0.29) is 22.5 Å². The normalized spacial score (nSPS) is 47.2. The molecule has 3 nitrogen and oxygen atoms in total. The maximum atomic E-state index is 12.1. The second-order valence-corrected chi connectivity index (χ2v) is 8.90. The number of rotatable bonds is 1. The highest BCUT2D eigenvalue weighted by Gasteiger charge is 2.59. The van der Waals surface area contributed by atoms with Gasteiger partial charge in [-0.25, -0.2) is 0 Å². The first-order valence-corrected chi connectivity index (χ1v) is 9.38. The van der Waals surface area contributed by atoms with Crippen molar-refractivity contribution >= 4 is 11.6 Å². The molecule has 0 bridgehead atoms. The number of carbonyl (C=O) groups is 2.